The second kappa shape index (κ2) is 10.1. The summed E-state index contributed by atoms with van der Waals surface area (Å²) >= 11 is 0. The van der Waals surface area contributed by atoms with Crippen LogP contribution >= 0.6 is 0 Å². The van der Waals surface area contributed by atoms with Gasteiger partial charge in [-0.05, 0) is 37.1 Å². The van der Waals surface area contributed by atoms with Gasteiger partial charge in [0.2, 0.25) is 5.91 Å². The zero-order valence-corrected chi connectivity index (χ0v) is 17.0. The molecule has 0 aromatic heterocycles. The van der Waals surface area contributed by atoms with Gasteiger partial charge in [0.15, 0.2) is 16.4 Å². The van der Waals surface area contributed by atoms with E-state index in [-0.39, 0.29) is 11.5 Å². The van der Waals surface area contributed by atoms with Crippen molar-refractivity contribution in [3.05, 3.63) is 35.9 Å². The summed E-state index contributed by atoms with van der Waals surface area (Å²) in [5.41, 5.74) is 0.779. The average Bonchev–Trinajstić information content (AvgIpc) is 3.02. The number of carbonyl (C=O) groups excluding carboxylic acids is 3. The van der Waals surface area contributed by atoms with Crippen LogP contribution < -0.4 is 15.4 Å². The van der Waals surface area contributed by atoms with Gasteiger partial charge >= 0.3 is 5.97 Å². The van der Waals surface area contributed by atoms with E-state index in [1.165, 1.54) is 13.0 Å². The van der Waals surface area contributed by atoms with Crippen molar-refractivity contribution >= 4 is 33.7 Å². The van der Waals surface area contributed by atoms with Gasteiger partial charge in [-0.15, -0.1) is 0 Å². The van der Waals surface area contributed by atoms with Crippen molar-refractivity contribution in [3.8, 4) is 5.75 Å². The number of esters is 1. The summed E-state index contributed by atoms with van der Waals surface area (Å²) in [5, 5.41) is 4.96. The van der Waals surface area contributed by atoms with E-state index in [0.29, 0.717) is 12.2 Å². The molecule has 1 saturated heterocycles. The number of hydrogen-bond acceptors (Lipinski definition) is 7. The van der Waals surface area contributed by atoms with Crippen LogP contribution in [-0.2, 0) is 29.0 Å². The summed E-state index contributed by atoms with van der Waals surface area (Å²) in [6, 6.07) is 5.63. The first-order chi connectivity index (χ1) is 13.7. The molecular weight excluding hydrogens is 400 g/mol. The van der Waals surface area contributed by atoms with E-state index in [1.807, 2.05) is 0 Å². The Labute approximate surface area is 169 Å². The Morgan fingerprint density at radius 3 is 2.52 bits per heavy atom. The lowest BCUT2D eigenvalue weighted by atomic mass is 10.2. The largest absolute Gasteiger partial charge is 0.497 e. The first-order valence-corrected chi connectivity index (χ1v) is 10.8. The fourth-order valence-corrected chi connectivity index (χ4v) is 4.32. The maximum Gasteiger partial charge on any atom is 0.328 e. The number of methoxy groups -OCH3 is 1. The summed E-state index contributed by atoms with van der Waals surface area (Å²) in [7, 11) is -1.55. The van der Waals surface area contributed by atoms with E-state index in [0.717, 1.165) is 5.56 Å². The molecule has 9 nitrogen and oxygen atoms in total. The molecule has 2 amide bonds. The molecule has 0 radical (unpaired) electrons. The van der Waals surface area contributed by atoms with Gasteiger partial charge in [-0.25, -0.2) is 13.2 Å². The lowest BCUT2D eigenvalue weighted by molar-refractivity contribution is -0.151. The molecule has 0 bridgehead atoms. The van der Waals surface area contributed by atoms with Crippen LogP contribution in [-0.4, -0.2) is 63.5 Å². The number of hydrogen-bond donors (Lipinski definition) is 2. The standard InChI is InChI=1S/C19H24N2O7S/c1-13(20-17(22)8-5-14-3-6-16(27-2)7-4-14)19(24)28-11-18(23)21-15-9-10-29(25,26)12-15/h3-8,13,15H,9-12H2,1-2H3,(H,20,22)(H,21,23)/b8-5+. The van der Waals surface area contributed by atoms with E-state index in [2.05, 4.69) is 10.6 Å². The molecule has 10 heteroatoms. The first-order valence-electron chi connectivity index (χ1n) is 8.97. The van der Waals surface area contributed by atoms with Crippen LogP contribution in [0.3, 0.4) is 0 Å². The first kappa shape index (κ1) is 22.4. The molecule has 1 aromatic carbocycles. The summed E-state index contributed by atoms with van der Waals surface area (Å²) in [4.78, 5) is 35.6. The molecular formula is C19H24N2O7S. The van der Waals surface area contributed by atoms with Crippen molar-refractivity contribution < 1.29 is 32.3 Å². The molecule has 1 aliphatic rings. The van der Waals surface area contributed by atoms with Gasteiger partial charge < -0.3 is 20.1 Å². The highest BCUT2D eigenvalue weighted by molar-refractivity contribution is 7.91. The van der Waals surface area contributed by atoms with Crippen LogP contribution in [0.4, 0.5) is 0 Å². The van der Waals surface area contributed by atoms with Gasteiger partial charge in [0, 0.05) is 12.1 Å². The Kier molecular flexibility index (Phi) is 7.77. The SMILES string of the molecule is COc1ccc(/C=C/C(=O)NC(C)C(=O)OCC(=O)NC2CCS(=O)(=O)C2)cc1. The highest BCUT2D eigenvalue weighted by Crippen LogP contribution is 2.12. The van der Waals surface area contributed by atoms with Gasteiger partial charge in [0.05, 0.1) is 18.6 Å². The van der Waals surface area contributed by atoms with Crippen LogP contribution in [0, 0.1) is 0 Å². The zero-order chi connectivity index (χ0) is 21.4. The molecule has 1 heterocycles. The second-order valence-electron chi connectivity index (χ2n) is 6.61. The van der Waals surface area contributed by atoms with Crippen molar-refractivity contribution in [2.45, 2.75) is 25.4 Å². The number of nitrogens with one attached hydrogen (secondary N) is 2. The minimum atomic E-state index is -3.11. The second-order valence-corrected chi connectivity index (χ2v) is 8.84. The fourth-order valence-electron chi connectivity index (χ4n) is 2.65. The van der Waals surface area contributed by atoms with Gasteiger partial charge in [-0.2, -0.15) is 0 Å². The average molecular weight is 424 g/mol. The number of rotatable bonds is 8. The van der Waals surface area contributed by atoms with E-state index in [9.17, 15) is 22.8 Å². The van der Waals surface area contributed by atoms with Crippen LogP contribution in [0.1, 0.15) is 18.9 Å². The molecule has 1 aliphatic heterocycles. The van der Waals surface area contributed by atoms with E-state index >= 15 is 0 Å². The minimum absolute atomic E-state index is 0.0326. The molecule has 2 unspecified atom stereocenters. The predicted molar refractivity (Wildman–Crippen MR) is 106 cm³/mol. The van der Waals surface area contributed by atoms with Crippen molar-refractivity contribution in [3.63, 3.8) is 0 Å². The monoisotopic (exact) mass is 424 g/mol. The quantitative estimate of drug-likeness (QED) is 0.446. The third kappa shape index (κ3) is 7.57. The molecule has 158 valence electrons. The van der Waals surface area contributed by atoms with Crippen LogP contribution in [0.5, 0.6) is 5.75 Å². The summed E-state index contributed by atoms with van der Waals surface area (Å²) < 4.78 is 32.6. The Bertz CT molecular complexity index is 878. The van der Waals surface area contributed by atoms with Crippen molar-refractivity contribution in [2.75, 3.05) is 25.2 Å². The summed E-state index contributed by atoms with van der Waals surface area (Å²) in [6.45, 7) is 0.889. The third-order valence-corrected chi connectivity index (χ3v) is 5.97. The van der Waals surface area contributed by atoms with Crippen molar-refractivity contribution in [2.24, 2.45) is 0 Å². The van der Waals surface area contributed by atoms with Gasteiger partial charge in [0.1, 0.15) is 11.8 Å². The zero-order valence-electron chi connectivity index (χ0n) is 16.2. The lowest BCUT2D eigenvalue weighted by Crippen LogP contribution is -2.42. The van der Waals surface area contributed by atoms with Crippen molar-refractivity contribution in [1.29, 1.82) is 0 Å². The molecule has 2 atom stereocenters. The summed E-state index contributed by atoms with van der Waals surface area (Å²) in [6.07, 6.45) is 3.20. The van der Waals surface area contributed by atoms with Crippen molar-refractivity contribution in [1.82, 2.24) is 10.6 Å². The molecule has 0 spiro atoms. The number of sulfone groups is 1. The highest BCUT2D eigenvalue weighted by Gasteiger charge is 2.29. The van der Waals surface area contributed by atoms with Gasteiger partial charge in [-0.1, -0.05) is 12.1 Å². The van der Waals surface area contributed by atoms with E-state index in [4.69, 9.17) is 9.47 Å². The molecule has 2 rings (SSSR count). The molecule has 2 N–H and O–H groups in total. The molecule has 29 heavy (non-hydrogen) atoms. The number of amides is 2. The van der Waals surface area contributed by atoms with Gasteiger partial charge in [0.25, 0.3) is 5.91 Å². The van der Waals surface area contributed by atoms with E-state index < -0.39 is 46.3 Å². The Morgan fingerprint density at radius 1 is 1.24 bits per heavy atom. The number of carbonyl (C=O) groups is 3. The normalized spacial score (nSPS) is 18.8. The smallest absolute Gasteiger partial charge is 0.328 e. The predicted octanol–water partition coefficient (Wildman–Crippen LogP) is 0.0596. The van der Waals surface area contributed by atoms with Gasteiger partial charge in [-0.3, -0.25) is 9.59 Å². The topological polar surface area (TPSA) is 128 Å². The van der Waals surface area contributed by atoms with Crippen LogP contribution in [0.25, 0.3) is 6.08 Å². The third-order valence-electron chi connectivity index (χ3n) is 4.20. The Morgan fingerprint density at radius 2 is 1.93 bits per heavy atom. The highest BCUT2D eigenvalue weighted by atomic mass is 32.2. The number of ether oxygens (including phenoxy) is 2. The summed E-state index contributed by atoms with van der Waals surface area (Å²) in [5.74, 6) is -1.24. The maximum atomic E-state index is 11.9. The fraction of sp³-hybridized carbons (Fsp3) is 0.421. The molecule has 1 fully saturated rings. The van der Waals surface area contributed by atoms with Crippen LogP contribution in [0.15, 0.2) is 30.3 Å². The maximum absolute atomic E-state index is 11.9. The molecule has 0 saturated carbocycles. The van der Waals surface area contributed by atoms with E-state index in [1.54, 1.807) is 37.5 Å². The lowest BCUT2D eigenvalue weighted by Gasteiger charge is -2.14. The number of benzene rings is 1. The Balaban J connectivity index is 1.72. The molecule has 0 aliphatic carbocycles. The minimum Gasteiger partial charge on any atom is -0.497 e. The molecule has 1 aromatic rings. The van der Waals surface area contributed by atoms with Crippen LogP contribution in [0.2, 0.25) is 0 Å². The Hall–Kier alpha value is -2.88.